The Labute approximate surface area is 139 Å². The summed E-state index contributed by atoms with van der Waals surface area (Å²) < 4.78 is 1.56. The topological polar surface area (TPSA) is 79.8 Å². The van der Waals surface area contributed by atoms with Crippen LogP contribution in [0.15, 0.2) is 34.2 Å². The maximum absolute atomic E-state index is 12.2. The summed E-state index contributed by atoms with van der Waals surface area (Å²) in [4.78, 5) is 23.9. The van der Waals surface area contributed by atoms with E-state index in [1.54, 1.807) is 4.57 Å². The van der Waals surface area contributed by atoms with E-state index >= 15 is 0 Å². The Bertz CT molecular complexity index is 706. The Balaban J connectivity index is 1.92. The minimum absolute atomic E-state index is 0.0749. The van der Waals surface area contributed by atoms with Crippen LogP contribution in [0.4, 0.5) is 0 Å². The number of benzene rings is 1. The molecule has 0 radical (unpaired) electrons. The van der Waals surface area contributed by atoms with Gasteiger partial charge in [0.05, 0.1) is 5.25 Å². The number of carbonyl (C=O) groups excluding carboxylic acids is 1. The number of thioether (sulfide) groups is 1. The van der Waals surface area contributed by atoms with Gasteiger partial charge in [-0.1, -0.05) is 48.5 Å². The lowest BCUT2D eigenvalue weighted by atomic mass is 10.1. The van der Waals surface area contributed by atoms with Gasteiger partial charge < -0.3 is 5.32 Å². The summed E-state index contributed by atoms with van der Waals surface area (Å²) in [6.07, 6.45) is 0.834. The molecule has 1 heterocycles. The Morgan fingerprint density at radius 1 is 1.39 bits per heavy atom. The average Bonchev–Trinajstić information content (AvgIpc) is 2.87. The first kappa shape index (κ1) is 17.3. The molecule has 2 N–H and O–H groups in total. The molecule has 0 unspecified atom stereocenters. The number of nitrogens with one attached hydrogen (secondary N) is 2. The molecule has 124 valence electrons. The van der Waals surface area contributed by atoms with Crippen molar-refractivity contribution in [2.75, 3.05) is 0 Å². The summed E-state index contributed by atoms with van der Waals surface area (Å²) in [5.74, 6) is -0.0749. The third-order valence-electron chi connectivity index (χ3n) is 3.41. The molecule has 7 heteroatoms. The van der Waals surface area contributed by atoms with Crippen LogP contribution in [-0.4, -0.2) is 25.9 Å². The predicted molar refractivity (Wildman–Crippen MR) is 91.5 cm³/mol. The van der Waals surface area contributed by atoms with Gasteiger partial charge in [-0.15, -0.1) is 5.10 Å². The van der Waals surface area contributed by atoms with Crippen LogP contribution in [0.1, 0.15) is 31.4 Å². The van der Waals surface area contributed by atoms with Crippen molar-refractivity contribution in [2.45, 2.75) is 50.7 Å². The molecule has 1 aromatic heterocycles. The minimum atomic E-state index is -0.328. The maximum atomic E-state index is 12.2. The summed E-state index contributed by atoms with van der Waals surface area (Å²) in [5.41, 5.74) is 2.02. The van der Waals surface area contributed by atoms with E-state index in [4.69, 9.17) is 0 Å². The van der Waals surface area contributed by atoms with Crippen molar-refractivity contribution in [3.63, 3.8) is 0 Å². The van der Waals surface area contributed by atoms with Crippen molar-refractivity contribution in [3.8, 4) is 0 Å². The van der Waals surface area contributed by atoms with Gasteiger partial charge in [-0.3, -0.25) is 9.36 Å². The Morgan fingerprint density at radius 3 is 2.74 bits per heavy atom. The largest absolute Gasteiger partial charge is 0.351 e. The van der Waals surface area contributed by atoms with Gasteiger partial charge in [0.15, 0.2) is 5.16 Å². The molecule has 2 rings (SSSR count). The number of aryl methyl sites for hydroxylation is 1. The fourth-order valence-corrected chi connectivity index (χ4v) is 2.97. The summed E-state index contributed by atoms with van der Waals surface area (Å²) in [5, 5.41) is 9.56. The highest BCUT2D eigenvalue weighted by molar-refractivity contribution is 8.00. The summed E-state index contributed by atoms with van der Waals surface area (Å²) in [6.45, 7) is 6.92. The van der Waals surface area contributed by atoms with E-state index in [9.17, 15) is 9.59 Å². The second kappa shape index (κ2) is 8.01. The van der Waals surface area contributed by atoms with Crippen LogP contribution >= 0.6 is 11.8 Å². The van der Waals surface area contributed by atoms with Crippen LogP contribution < -0.4 is 11.0 Å². The number of rotatable bonds is 7. The van der Waals surface area contributed by atoms with E-state index in [1.807, 2.05) is 45.0 Å². The fourth-order valence-electron chi connectivity index (χ4n) is 2.06. The second-order valence-corrected chi connectivity index (χ2v) is 6.73. The summed E-state index contributed by atoms with van der Waals surface area (Å²) >= 11 is 1.29. The third-order valence-corrected chi connectivity index (χ3v) is 4.50. The van der Waals surface area contributed by atoms with Gasteiger partial charge in [0.1, 0.15) is 0 Å². The monoisotopic (exact) mass is 334 g/mol. The molecule has 1 aromatic carbocycles. The number of aromatic nitrogens is 3. The van der Waals surface area contributed by atoms with Crippen LogP contribution in [0.2, 0.25) is 0 Å². The second-order valence-electron chi connectivity index (χ2n) is 5.43. The highest BCUT2D eigenvalue weighted by Gasteiger charge is 2.18. The lowest BCUT2D eigenvalue weighted by molar-refractivity contribution is -0.120. The van der Waals surface area contributed by atoms with Crippen LogP contribution in [-0.2, 0) is 17.9 Å². The molecule has 0 aliphatic rings. The molecule has 0 aliphatic heterocycles. The van der Waals surface area contributed by atoms with E-state index in [0.29, 0.717) is 18.2 Å². The molecule has 1 atom stereocenters. The molecule has 0 spiro atoms. The molecule has 23 heavy (non-hydrogen) atoms. The van der Waals surface area contributed by atoms with E-state index in [2.05, 4.69) is 15.5 Å². The van der Waals surface area contributed by atoms with Gasteiger partial charge in [-0.2, -0.15) is 0 Å². The lowest BCUT2D eigenvalue weighted by Gasteiger charge is -2.12. The number of aromatic amines is 1. The van der Waals surface area contributed by atoms with Gasteiger partial charge in [0.2, 0.25) is 5.91 Å². The van der Waals surface area contributed by atoms with Crippen LogP contribution in [0.3, 0.4) is 0 Å². The zero-order chi connectivity index (χ0) is 16.8. The fraction of sp³-hybridized carbons (Fsp3) is 0.438. The molecule has 0 saturated carbocycles. The molecule has 6 nitrogen and oxygen atoms in total. The number of nitrogens with zero attached hydrogens (tertiary/aromatic N) is 2. The molecule has 0 aliphatic carbocycles. The molecule has 0 bridgehead atoms. The quantitative estimate of drug-likeness (QED) is 0.760. The summed E-state index contributed by atoms with van der Waals surface area (Å²) in [6, 6.07) is 8.04. The normalized spacial score (nSPS) is 12.1. The van der Waals surface area contributed by atoms with Crippen molar-refractivity contribution in [1.29, 1.82) is 0 Å². The standard InChI is InChI=1S/C16H22N4O2S/c1-4-9-20-15(22)18-19-16(20)23-12(3)14(21)17-10-13-7-5-11(2)6-8-13/h5-8,12H,4,9-10H2,1-3H3,(H,17,21)(H,18,22)/t12-/m0/s1. The molecule has 0 saturated heterocycles. The SMILES string of the molecule is CCCn1c(S[C@@H](C)C(=O)NCc2ccc(C)cc2)n[nH]c1=O. The molecule has 2 aromatic rings. The Hall–Kier alpha value is -2.02. The first-order chi connectivity index (χ1) is 11.0. The number of H-pyrrole nitrogens is 1. The average molecular weight is 334 g/mol. The predicted octanol–water partition coefficient (Wildman–Crippen LogP) is 2.09. The number of carbonyl (C=O) groups is 1. The van der Waals surface area contributed by atoms with Crippen LogP contribution in [0.5, 0.6) is 0 Å². The van der Waals surface area contributed by atoms with Crippen molar-refractivity contribution in [1.82, 2.24) is 20.1 Å². The highest BCUT2D eigenvalue weighted by atomic mass is 32.2. The van der Waals surface area contributed by atoms with Gasteiger partial charge in [-0.25, -0.2) is 9.89 Å². The van der Waals surface area contributed by atoms with E-state index in [1.165, 1.54) is 17.3 Å². The zero-order valence-electron chi connectivity index (χ0n) is 13.6. The van der Waals surface area contributed by atoms with E-state index in [-0.39, 0.29) is 16.8 Å². The van der Waals surface area contributed by atoms with Gasteiger partial charge in [0.25, 0.3) is 0 Å². The van der Waals surface area contributed by atoms with E-state index in [0.717, 1.165) is 12.0 Å². The Kier molecular flexibility index (Phi) is 6.04. The molecule has 0 fully saturated rings. The van der Waals surface area contributed by atoms with Crippen molar-refractivity contribution in [3.05, 3.63) is 45.9 Å². The number of amides is 1. The first-order valence-corrected chi connectivity index (χ1v) is 8.54. The van der Waals surface area contributed by atoms with Crippen LogP contribution in [0.25, 0.3) is 0 Å². The van der Waals surface area contributed by atoms with Crippen molar-refractivity contribution in [2.24, 2.45) is 0 Å². The third kappa shape index (κ3) is 4.72. The van der Waals surface area contributed by atoms with Gasteiger partial charge >= 0.3 is 5.69 Å². The van der Waals surface area contributed by atoms with E-state index < -0.39 is 0 Å². The molecular formula is C16H22N4O2S. The zero-order valence-corrected chi connectivity index (χ0v) is 14.4. The van der Waals surface area contributed by atoms with Crippen molar-refractivity contribution < 1.29 is 4.79 Å². The van der Waals surface area contributed by atoms with Crippen molar-refractivity contribution >= 4 is 17.7 Å². The first-order valence-electron chi connectivity index (χ1n) is 7.66. The lowest BCUT2D eigenvalue weighted by Crippen LogP contribution is -2.30. The Morgan fingerprint density at radius 2 is 2.09 bits per heavy atom. The maximum Gasteiger partial charge on any atom is 0.343 e. The number of hydrogen-bond donors (Lipinski definition) is 2. The van der Waals surface area contributed by atoms with Gasteiger partial charge in [-0.05, 0) is 25.8 Å². The molecule has 1 amide bonds. The van der Waals surface area contributed by atoms with Crippen LogP contribution in [0, 0.1) is 6.92 Å². The number of hydrogen-bond acceptors (Lipinski definition) is 4. The summed E-state index contributed by atoms with van der Waals surface area (Å²) in [7, 11) is 0. The smallest absolute Gasteiger partial charge is 0.343 e. The van der Waals surface area contributed by atoms with Gasteiger partial charge in [0, 0.05) is 13.1 Å². The minimum Gasteiger partial charge on any atom is -0.351 e. The highest BCUT2D eigenvalue weighted by Crippen LogP contribution is 2.20. The molecular weight excluding hydrogens is 312 g/mol.